The molecule has 1 aromatic rings. The van der Waals surface area contributed by atoms with Crippen LogP contribution in [0.4, 0.5) is 0 Å². The van der Waals surface area contributed by atoms with Gasteiger partial charge in [0.05, 0.1) is 16.3 Å². The molecule has 0 heterocycles. The van der Waals surface area contributed by atoms with E-state index in [2.05, 4.69) is 0 Å². The number of halogens is 1. The highest BCUT2D eigenvalue weighted by atomic mass is 35.5. The Morgan fingerprint density at radius 3 is 2.29 bits per heavy atom. The highest BCUT2D eigenvalue weighted by Gasteiger charge is 2.25. The summed E-state index contributed by atoms with van der Waals surface area (Å²) < 4.78 is 30.0. The average Bonchev–Trinajstić information content (AvgIpc) is 2.63. The van der Waals surface area contributed by atoms with Crippen molar-refractivity contribution < 1.29 is 27.4 Å². The van der Waals surface area contributed by atoms with Gasteiger partial charge in [0, 0.05) is 24.8 Å². The summed E-state index contributed by atoms with van der Waals surface area (Å²) in [6.07, 6.45) is 4.48. The number of amides is 1. The van der Waals surface area contributed by atoms with Gasteiger partial charge in [0.25, 0.3) is 16.0 Å². The zero-order chi connectivity index (χ0) is 20.9. The lowest BCUT2D eigenvalue weighted by molar-refractivity contribution is -0.118. The number of hydrogen-bond acceptors (Lipinski definition) is 5. The lowest BCUT2D eigenvalue weighted by atomic mass is 9.82. The molecule has 0 aromatic heterocycles. The van der Waals surface area contributed by atoms with Crippen molar-refractivity contribution in [2.24, 2.45) is 5.73 Å². The molecule has 0 aliphatic heterocycles. The van der Waals surface area contributed by atoms with Crippen LogP contribution in [-0.4, -0.2) is 36.2 Å². The molecule has 2 rings (SSSR count). The van der Waals surface area contributed by atoms with Gasteiger partial charge in [-0.2, -0.15) is 8.42 Å². The normalized spacial score (nSPS) is 15.4. The van der Waals surface area contributed by atoms with Crippen LogP contribution in [0.3, 0.4) is 0 Å². The Morgan fingerprint density at radius 2 is 1.71 bits per heavy atom. The van der Waals surface area contributed by atoms with Crippen LogP contribution in [0.1, 0.15) is 83.6 Å². The fourth-order valence-corrected chi connectivity index (χ4v) is 4.45. The summed E-state index contributed by atoms with van der Waals surface area (Å²) in [5.41, 5.74) is 6.32. The lowest BCUT2D eigenvalue weighted by Crippen LogP contribution is -2.19. The predicted molar refractivity (Wildman–Crippen MR) is 105 cm³/mol. The second kappa shape index (κ2) is 9.62. The van der Waals surface area contributed by atoms with Crippen molar-refractivity contribution in [2.75, 3.05) is 5.75 Å². The molecule has 0 radical (unpaired) electrons. The van der Waals surface area contributed by atoms with E-state index in [4.69, 9.17) is 21.9 Å². The zero-order valence-electron chi connectivity index (χ0n) is 15.4. The molecule has 0 atom stereocenters. The van der Waals surface area contributed by atoms with Crippen molar-refractivity contribution in [3.63, 3.8) is 0 Å². The van der Waals surface area contributed by atoms with Gasteiger partial charge in [0.2, 0.25) is 0 Å². The van der Waals surface area contributed by atoms with E-state index in [0.29, 0.717) is 0 Å². The first-order valence-electron chi connectivity index (χ1n) is 9.22. The summed E-state index contributed by atoms with van der Waals surface area (Å²) in [6.45, 7) is 0. The molecule has 0 spiro atoms. The maximum absolute atomic E-state index is 12.5. The van der Waals surface area contributed by atoms with E-state index < -0.39 is 33.3 Å². The fraction of sp³-hybridized carbons (Fsp3) is 0.526. The number of benzene rings is 1. The molecule has 1 saturated carbocycles. The fourth-order valence-electron chi connectivity index (χ4n) is 3.55. The van der Waals surface area contributed by atoms with Crippen molar-refractivity contribution in [2.45, 2.75) is 57.3 Å². The third kappa shape index (κ3) is 6.12. The Labute approximate surface area is 169 Å². The van der Waals surface area contributed by atoms with Crippen molar-refractivity contribution >= 4 is 39.2 Å². The number of primary amides is 1. The Kier molecular flexibility index (Phi) is 7.74. The van der Waals surface area contributed by atoms with Crippen LogP contribution in [-0.2, 0) is 14.9 Å². The molecule has 1 aliphatic rings. The molecule has 28 heavy (non-hydrogen) atoms. The molecule has 1 fully saturated rings. The van der Waals surface area contributed by atoms with Crippen LogP contribution < -0.4 is 5.73 Å². The quantitative estimate of drug-likeness (QED) is 0.457. The minimum Gasteiger partial charge on any atom is -0.366 e. The van der Waals surface area contributed by atoms with E-state index >= 15 is 0 Å². The Balaban J connectivity index is 2.15. The Bertz CT molecular complexity index is 875. The first kappa shape index (κ1) is 22.5. The summed E-state index contributed by atoms with van der Waals surface area (Å²) in [6, 6.07) is 3.28. The smallest absolute Gasteiger partial charge is 0.265 e. The third-order valence-electron chi connectivity index (χ3n) is 5.03. The molecular weight excluding hydrogens is 406 g/mol. The van der Waals surface area contributed by atoms with Crippen LogP contribution in [0.15, 0.2) is 12.1 Å². The Morgan fingerprint density at radius 1 is 1.07 bits per heavy atom. The van der Waals surface area contributed by atoms with Gasteiger partial charge in [0.1, 0.15) is 5.78 Å². The third-order valence-corrected chi connectivity index (χ3v) is 6.16. The van der Waals surface area contributed by atoms with Crippen LogP contribution in [0.5, 0.6) is 0 Å². The molecule has 1 aromatic carbocycles. The van der Waals surface area contributed by atoms with Crippen LogP contribution in [0.25, 0.3) is 0 Å². The zero-order valence-corrected chi connectivity index (χ0v) is 17.0. The molecule has 1 amide bonds. The molecule has 0 unspecified atom stereocenters. The van der Waals surface area contributed by atoms with Gasteiger partial charge in [-0.25, -0.2) is 0 Å². The summed E-state index contributed by atoms with van der Waals surface area (Å²) in [7, 11) is -4.23. The molecule has 0 saturated heterocycles. The minimum atomic E-state index is -4.23. The van der Waals surface area contributed by atoms with Crippen molar-refractivity contribution in [1.29, 1.82) is 0 Å². The predicted octanol–water partition coefficient (Wildman–Crippen LogP) is 3.30. The van der Waals surface area contributed by atoms with Crippen molar-refractivity contribution in [1.82, 2.24) is 0 Å². The minimum absolute atomic E-state index is 0.0277. The monoisotopic (exact) mass is 429 g/mol. The second-order valence-electron chi connectivity index (χ2n) is 7.09. The second-order valence-corrected chi connectivity index (χ2v) is 9.04. The molecule has 0 bridgehead atoms. The van der Waals surface area contributed by atoms with Crippen molar-refractivity contribution in [3.05, 3.63) is 33.8 Å². The van der Waals surface area contributed by atoms with E-state index in [1.807, 2.05) is 0 Å². The largest absolute Gasteiger partial charge is 0.366 e. The van der Waals surface area contributed by atoms with Gasteiger partial charge >= 0.3 is 0 Å². The number of carbonyl (C=O) groups is 3. The van der Waals surface area contributed by atoms with Gasteiger partial charge in [-0.15, -0.1) is 0 Å². The number of ketones is 2. The van der Waals surface area contributed by atoms with Crippen molar-refractivity contribution in [3.8, 4) is 0 Å². The van der Waals surface area contributed by atoms with E-state index in [-0.39, 0.29) is 41.3 Å². The Hall–Kier alpha value is -1.77. The lowest BCUT2D eigenvalue weighted by Gasteiger charge is -2.24. The molecule has 3 N–H and O–H groups in total. The SMILES string of the molecule is NC(=O)c1c(C(=O)CCC(=O)CCS(=O)(=O)O)ccc(C2CCCCC2)c1Cl. The maximum Gasteiger partial charge on any atom is 0.265 e. The molecule has 154 valence electrons. The number of Topliss-reactive ketones (excluding diaryl/α,β-unsaturated/α-hetero) is 2. The summed E-state index contributed by atoms with van der Waals surface area (Å²) in [4.78, 5) is 36.2. The maximum atomic E-state index is 12.5. The van der Waals surface area contributed by atoms with E-state index in [9.17, 15) is 22.8 Å². The topological polar surface area (TPSA) is 132 Å². The summed E-state index contributed by atoms with van der Waals surface area (Å²) in [5.74, 6) is -2.20. The van der Waals surface area contributed by atoms with Gasteiger partial charge < -0.3 is 5.73 Å². The van der Waals surface area contributed by atoms with Crippen LogP contribution >= 0.6 is 11.6 Å². The number of rotatable bonds is 9. The average molecular weight is 430 g/mol. The number of nitrogens with two attached hydrogens (primary N) is 1. The molecular formula is C19H24ClNO6S. The first-order chi connectivity index (χ1) is 13.1. The van der Waals surface area contributed by atoms with E-state index in [0.717, 1.165) is 31.2 Å². The number of carbonyl (C=O) groups excluding carboxylic acids is 3. The summed E-state index contributed by atoms with van der Waals surface area (Å²) >= 11 is 6.43. The summed E-state index contributed by atoms with van der Waals surface area (Å²) in [5, 5.41) is 0.197. The van der Waals surface area contributed by atoms with Gasteiger partial charge in [-0.05, 0) is 24.3 Å². The van der Waals surface area contributed by atoms with Gasteiger partial charge in [-0.1, -0.05) is 43.0 Å². The standard InChI is InChI=1S/C19H24ClNO6S/c20-18-14(12-4-2-1-3-5-12)7-8-15(17(18)19(21)24)16(23)9-6-13(22)10-11-28(25,26)27/h7-8,12H,1-6,9-11H2,(H2,21,24)(H,25,26,27). The number of hydrogen-bond donors (Lipinski definition) is 2. The van der Waals surface area contributed by atoms with Crippen LogP contribution in [0, 0.1) is 0 Å². The highest BCUT2D eigenvalue weighted by molar-refractivity contribution is 7.85. The molecule has 7 nitrogen and oxygen atoms in total. The molecule has 9 heteroatoms. The van der Waals surface area contributed by atoms with Crippen LogP contribution in [0.2, 0.25) is 5.02 Å². The first-order valence-corrected chi connectivity index (χ1v) is 11.2. The molecule has 1 aliphatic carbocycles. The van der Waals surface area contributed by atoms with E-state index in [1.54, 1.807) is 6.07 Å². The highest BCUT2D eigenvalue weighted by Crippen LogP contribution is 2.38. The van der Waals surface area contributed by atoms with Gasteiger partial charge in [-0.3, -0.25) is 18.9 Å². The van der Waals surface area contributed by atoms with E-state index in [1.165, 1.54) is 12.5 Å². The van der Waals surface area contributed by atoms with Gasteiger partial charge in [0.15, 0.2) is 5.78 Å².